The van der Waals surface area contributed by atoms with Crippen LogP contribution in [0.4, 0.5) is 5.69 Å². The van der Waals surface area contributed by atoms with Gasteiger partial charge < -0.3 is 11.1 Å². The Morgan fingerprint density at radius 3 is 2.41 bits per heavy atom. The summed E-state index contributed by atoms with van der Waals surface area (Å²) in [4.78, 5) is 31.5. The Kier molecular flexibility index (Phi) is 5.48. The highest BCUT2D eigenvalue weighted by molar-refractivity contribution is 8.00. The van der Waals surface area contributed by atoms with Crippen molar-refractivity contribution in [2.24, 2.45) is 5.73 Å². The second-order valence-electron chi connectivity index (χ2n) is 4.48. The summed E-state index contributed by atoms with van der Waals surface area (Å²) in [5.41, 5.74) is 6.19. The quantitative estimate of drug-likeness (QED) is 0.628. The van der Waals surface area contributed by atoms with E-state index in [2.05, 4.69) is 15.3 Å². The first-order chi connectivity index (χ1) is 10.6. The molecule has 2 aromatic rings. The number of aromatic nitrogens is 2. The lowest BCUT2D eigenvalue weighted by molar-refractivity contribution is -0.115. The lowest BCUT2D eigenvalue weighted by Gasteiger charge is -2.13. The van der Waals surface area contributed by atoms with E-state index in [1.165, 1.54) is 11.8 Å². The molecular weight excluding hydrogens is 300 g/mol. The Morgan fingerprint density at radius 2 is 1.86 bits per heavy atom. The zero-order chi connectivity index (χ0) is 15.9. The predicted octanol–water partition coefficient (Wildman–Crippen LogP) is 2.08. The van der Waals surface area contributed by atoms with Crippen molar-refractivity contribution >= 4 is 29.3 Å². The molecule has 1 aromatic heterocycles. The molecule has 0 aliphatic carbocycles. The number of carbonyl (C=O) groups excluding carboxylic acids is 2. The van der Waals surface area contributed by atoms with Crippen LogP contribution in [0.15, 0.2) is 47.9 Å². The summed E-state index contributed by atoms with van der Waals surface area (Å²) in [6.45, 7) is 1.93. The van der Waals surface area contributed by atoms with Crippen LogP contribution in [0.5, 0.6) is 0 Å². The number of benzene rings is 1. The Hall–Kier alpha value is -2.41. The molecule has 6 nitrogen and oxygen atoms in total. The Morgan fingerprint density at radius 1 is 1.23 bits per heavy atom. The van der Waals surface area contributed by atoms with Crippen molar-refractivity contribution in [3.63, 3.8) is 0 Å². The zero-order valence-electron chi connectivity index (χ0n) is 12.0. The van der Waals surface area contributed by atoms with Gasteiger partial charge in [-0.3, -0.25) is 9.59 Å². The summed E-state index contributed by atoms with van der Waals surface area (Å²) in [5, 5.41) is 3.08. The van der Waals surface area contributed by atoms with Crippen molar-refractivity contribution in [2.75, 3.05) is 5.32 Å². The topological polar surface area (TPSA) is 98.0 Å². The Bertz CT molecular complexity index is 646. The van der Waals surface area contributed by atoms with E-state index in [0.29, 0.717) is 22.8 Å². The molecule has 7 heteroatoms. The van der Waals surface area contributed by atoms with E-state index in [0.717, 1.165) is 0 Å². The molecule has 0 radical (unpaired) electrons. The molecule has 22 heavy (non-hydrogen) atoms. The molecule has 0 spiro atoms. The average Bonchev–Trinajstić information content (AvgIpc) is 2.54. The van der Waals surface area contributed by atoms with Gasteiger partial charge in [0.15, 0.2) is 5.16 Å². The lowest BCUT2D eigenvalue weighted by atomic mass is 10.2. The number of rotatable bonds is 6. The molecule has 1 unspecified atom stereocenters. The van der Waals surface area contributed by atoms with E-state index in [1.54, 1.807) is 42.7 Å². The fourth-order valence-corrected chi connectivity index (χ4v) is 2.57. The van der Waals surface area contributed by atoms with Crippen LogP contribution in [0.25, 0.3) is 0 Å². The van der Waals surface area contributed by atoms with E-state index >= 15 is 0 Å². The fourth-order valence-electron chi connectivity index (χ4n) is 1.74. The number of anilines is 1. The third-order valence-corrected chi connectivity index (χ3v) is 4.14. The summed E-state index contributed by atoms with van der Waals surface area (Å²) in [5.74, 6) is -0.632. The van der Waals surface area contributed by atoms with Gasteiger partial charge in [-0.15, -0.1) is 0 Å². The molecule has 1 atom stereocenters. The molecule has 2 amide bonds. The minimum atomic E-state index is -0.499. The number of hydrogen-bond acceptors (Lipinski definition) is 5. The number of hydrogen-bond donors (Lipinski definition) is 2. The number of amides is 2. The van der Waals surface area contributed by atoms with E-state index in [4.69, 9.17) is 5.73 Å². The number of primary amides is 1. The molecule has 0 aliphatic heterocycles. The highest BCUT2D eigenvalue weighted by atomic mass is 32.2. The zero-order valence-corrected chi connectivity index (χ0v) is 12.8. The van der Waals surface area contributed by atoms with Crippen LogP contribution in [0.2, 0.25) is 0 Å². The highest BCUT2D eigenvalue weighted by Crippen LogP contribution is 2.23. The third kappa shape index (κ3) is 4.29. The first-order valence-corrected chi connectivity index (χ1v) is 7.62. The summed E-state index contributed by atoms with van der Waals surface area (Å²) in [6, 6.07) is 8.17. The van der Waals surface area contributed by atoms with E-state index in [9.17, 15) is 9.59 Å². The van der Waals surface area contributed by atoms with Crippen LogP contribution in [0.3, 0.4) is 0 Å². The lowest BCUT2D eigenvalue weighted by Crippen LogP contribution is -2.24. The molecular formula is C15H16N4O2S. The first-order valence-electron chi connectivity index (χ1n) is 6.74. The van der Waals surface area contributed by atoms with Gasteiger partial charge in [0.25, 0.3) is 0 Å². The molecule has 0 fully saturated rings. The summed E-state index contributed by atoms with van der Waals surface area (Å²) in [6.07, 6.45) is 3.93. The van der Waals surface area contributed by atoms with Crippen molar-refractivity contribution in [1.29, 1.82) is 0 Å². The van der Waals surface area contributed by atoms with Crippen LogP contribution in [-0.2, 0) is 4.79 Å². The molecule has 0 bridgehead atoms. The number of carbonyl (C=O) groups is 2. The number of thioether (sulfide) groups is 1. The van der Waals surface area contributed by atoms with Crippen molar-refractivity contribution in [3.05, 3.63) is 48.3 Å². The predicted molar refractivity (Wildman–Crippen MR) is 85.6 cm³/mol. The van der Waals surface area contributed by atoms with Crippen molar-refractivity contribution < 1.29 is 9.59 Å². The number of nitrogens with one attached hydrogen (secondary N) is 1. The van der Waals surface area contributed by atoms with E-state index in [1.807, 2.05) is 6.92 Å². The van der Waals surface area contributed by atoms with Gasteiger partial charge in [0, 0.05) is 23.6 Å². The van der Waals surface area contributed by atoms with Gasteiger partial charge in [0.1, 0.15) is 0 Å². The molecule has 1 heterocycles. The molecule has 0 saturated carbocycles. The van der Waals surface area contributed by atoms with Gasteiger partial charge >= 0.3 is 0 Å². The van der Waals surface area contributed by atoms with Crippen LogP contribution in [-0.4, -0.2) is 27.0 Å². The van der Waals surface area contributed by atoms with Gasteiger partial charge in [0.05, 0.1) is 5.25 Å². The maximum Gasteiger partial charge on any atom is 0.248 e. The van der Waals surface area contributed by atoms with E-state index < -0.39 is 5.91 Å². The largest absolute Gasteiger partial charge is 0.366 e. The van der Waals surface area contributed by atoms with Crippen molar-refractivity contribution in [3.8, 4) is 0 Å². The van der Waals surface area contributed by atoms with Gasteiger partial charge in [0.2, 0.25) is 11.8 Å². The second kappa shape index (κ2) is 7.56. The summed E-state index contributed by atoms with van der Waals surface area (Å²) >= 11 is 1.32. The van der Waals surface area contributed by atoms with Gasteiger partial charge in [-0.25, -0.2) is 9.97 Å². The van der Waals surface area contributed by atoms with Crippen molar-refractivity contribution in [1.82, 2.24) is 9.97 Å². The normalized spacial score (nSPS) is 11.7. The standard InChI is InChI=1S/C15H16N4O2S/c1-2-12(22-15-17-8-3-9-18-15)14(21)19-11-6-4-10(5-7-11)13(16)20/h3-9,12H,2H2,1H3,(H2,16,20)(H,19,21). The molecule has 0 aliphatic rings. The highest BCUT2D eigenvalue weighted by Gasteiger charge is 2.19. The van der Waals surface area contributed by atoms with Crippen LogP contribution >= 0.6 is 11.8 Å². The second-order valence-corrected chi connectivity index (χ2v) is 5.65. The van der Waals surface area contributed by atoms with Crippen molar-refractivity contribution in [2.45, 2.75) is 23.8 Å². The summed E-state index contributed by atoms with van der Waals surface area (Å²) < 4.78 is 0. The SMILES string of the molecule is CCC(Sc1ncccn1)C(=O)Nc1ccc(C(N)=O)cc1. The molecule has 1 aromatic carbocycles. The maximum absolute atomic E-state index is 12.3. The monoisotopic (exact) mass is 316 g/mol. The minimum absolute atomic E-state index is 0.133. The van der Waals surface area contributed by atoms with Gasteiger partial charge in [-0.05, 0) is 36.8 Å². The Labute approximate surface area is 132 Å². The first kappa shape index (κ1) is 16.0. The van der Waals surface area contributed by atoms with Gasteiger partial charge in [-0.1, -0.05) is 18.7 Å². The van der Waals surface area contributed by atoms with Crippen LogP contribution in [0.1, 0.15) is 23.7 Å². The van der Waals surface area contributed by atoms with Crippen LogP contribution < -0.4 is 11.1 Å². The number of nitrogens with two attached hydrogens (primary N) is 1. The van der Waals surface area contributed by atoms with E-state index in [-0.39, 0.29) is 11.2 Å². The molecule has 114 valence electrons. The smallest absolute Gasteiger partial charge is 0.248 e. The molecule has 3 N–H and O–H groups in total. The maximum atomic E-state index is 12.3. The summed E-state index contributed by atoms with van der Waals surface area (Å²) in [7, 11) is 0. The number of nitrogens with zero attached hydrogens (tertiary/aromatic N) is 2. The average molecular weight is 316 g/mol. The molecule has 2 rings (SSSR count). The van der Waals surface area contributed by atoms with Gasteiger partial charge in [-0.2, -0.15) is 0 Å². The van der Waals surface area contributed by atoms with Crippen LogP contribution in [0, 0.1) is 0 Å². The Balaban J connectivity index is 2.01. The molecule has 0 saturated heterocycles. The minimum Gasteiger partial charge on any atom is -0.366 e. The fraction of sp³-hybridized carbons (Fsp3) is 0.200. The third-order valence-electron chi connectivity index (χ3n) is 2.89.